The molecule has 0 aliphatic heterocycles. The summed E-state index contributed by atoms with van der Waals surface area (Å²) in [5.41, 5.74) is 7.12. The molecule has 1 fully saturated rings. The zero-order valence-electron chi connectivity index (χ0n) is 11.4. The van der Waals surface area contributed by atoms with Crippen molar-refractivity contribution in [3.05, 3.63) is 17.5 Å². The van der Waals surface area contributed by atoms with E-state index in [1.54, 1.807) is 4.68 Å². The first-order valence-corrected chi connectivity index (χ1v) is 7.06. The molecule has 0 aromatic carbocycles. The van der Waals surface area contributed by atoms with E-state index >= 15 is 0 Å². The Hall–Kier alpha value is -1.43. The number of amides is 1. The number of nitrogens with two attached hydrogens (primary N) is 1. The fraction of sp³-hybridized carbons (Fsp3) is 0.615. The molecule has 1 heterocycles. The van der Waals surface area contributed by atoms with Crippen LogP contribution in [0.3, 0.4) is 0 Å². The standard InChI is InChI=1S/C13H20N4OS/c1-3-9-8-11(16(2)15-9)13(18)17(10-4-5-10)7-6-12(14)19/h8,10H,3-7H2,1-2H3,(H2,14,19). The molecule has 0 atom stereocenters. The second kappa shape index (κ2) is 5.69. The largest absolute Gasteiger partial charge is 0.393 e. The zero-order chi connectivity index (χ0) is 14.0. The van der Waals surface area contributed by atoms with Gasteiger partial charge in [0.1, 0.15) is 5.69 Å². The molecule has 19 heavy (non-hydrogen) atoms. The first-order chi connectivity index (χ1) is 9.02. The van der Waals surface area contributed by atoms with Crippen LogP contribution < -0.4 is 5.73 Å². The first kappa shape index (κ1) is 14.0. The predicted octanol–water partition coefficient (Wildman–Crippen LogP) is 1.26. The van der Waals surface area contributed by atoms with E-state index in [2.05, 4.69) is 5.10 Å². The Balaban J connectivity index is 2.13. The first-order valence-electron chi connectivity index (χ1n) is 6.65. The van der Waals surface area contributed by atoms with Gasteiger partial charge < -0.3 is 10.6 Å². The Kier molecular flexibility index (Phi) is 4.19. The molecule has 0 unspecified atom stereocenters. The predicted molar refractivity (Wildman–Crippen MR) is 78.0 cm³/mol. The number of aromatic nitrogens is 2. The lowest BCUT2D eigenvalue weighted by atomic mass is 10.2. The molecule has 2 N–H and O–H groups in total. The molecule has 0 spiro atoms. The summed E-state index contributed by atoms with van der Waals surface area (Å²) in [6, 6.07) is 2.22. The molecule has 6 heteroatoms. The van der Waals surface area contributed by atoms with Gasteiger partial charge in [0, 0.05) is 26.1 Å². The third kappa shape index (κ3) is 3.32. The Morgan fingerprint density at radius 2 is 2.32 bits per heavy atom. The molecule has 5 nitrogen and oxygen atoms in total. The molecule has 2 rings (SSSR count). The number of hydrogen-bond donors (Lipinski definition) is 1. The van der Waals surface area contributed by atoms with Gasteiger partial charge in [-0.3, -0.25) is 9.48 Å². The summed E-state index contributed by atoms with van der Waals surface area (Å²) in [7, 11) is 1.81. The molecule has 0 saturated heterocycles. The van der Waals surface area contributed by atoms with Gasteiger partial charge >= 0.3 is 0 Å². The highest BCUT2D eigenvalue weighted by atomic mass is 32.1. The lowest BCUT2D eigenvalue weighted by Gasteiger charge is -2.22. The maximum Gasteiger partial charge on any atom is 0.272 e. The summed E-state index contributed by atoms with van der Waals surface area (Å²) in [6.07, 6.45) is 3.55. The number of thiocarbonyl (C=S) groups is 1. The SMILES string of the molecule is CCc1cc(C(=O)N(CCC(N)=S)C2CC2)n(C)n1. The average Bonchev–Trinajstić information content (AvgIpc) is 3.11. The van der Waals surface area contributed by atoms with Gasteiger partial charge in [-0.15, -0.1) is 0 Å². The summed E-state index contributed by atoms with van der Waals surface area (Å²) in [5, 5.41) is 4.33. The van der Waals surface area contributed by atoms with Crippen LogP contribution in [0.1, 0.15) is 42.4 Å². The van der Waals surface area contributed by atoms with E-state index in [0.29, 0.717) is 29.7 Å². The number of carbonyl (C=O) groups excluding carboxylic acids is 1. The summed E-state index contributed by atoms with van der Waals surface area (Å²) in [4.78, 5) is 14.9. The maximum absolute atomic E-state index is 12.6. The van der Waals surface area contributed by atoms with E-state index in [-0.39, 0.29) is 5.91 Å². The van der Waals surface area contributed by atoms with Gasteiger partial charge in [0.05, 0.1) is 10.7 Å². The van der Waals surface area contributed by atoms with Crippen LogP contribution in [0.25, 0.3) is 0 Å². The lowest BCUT2D eigenvalue weighted by Crippen LogP contribution is -2.36. The molecule has 1 aromatic heterocycles. The number of carbonyl (C=O) groups is 1. The third-order valence-corrected chi connectivity index (χ3v) is 3.56. The normalized spacial score (nSPS) is 14.4. The molecule has 1 aromatic rings. The Labute approximate surface area is 118 Å². The van der Waals surface area contributed by atoms with Gasteiger partial charge in [0.2, 0.25) is 0 Å². The van der Waals surface area contributed by atoms with Crippen molar-refractivity contribution in [1.82, 2.24) is 14.7 Å². The molecular formula is C13H20N4OS. The fourth-order valence-electron chi connectivity index (χ4n) is 2.11. The maximum atomic E-state index is 12.6. The minimum atomic E-state index is 0.0356. The highest BCUT2D eigenvalue weighted by molar-refractivity contribution is 7.80. The van der Waals surface area contributed by atoms with Gasteiger partial charge in [-0.2, -0.15) is 5.10 Å². The van der Waals surface area contributed by atoms with Crippen LogP contribution in [0.15, 0.2) is 6.07 Å². The zero-order valence-corrected chi connectivity index (χ0v) is 12.2. The van der Waals surface area contributed by atoms with Gasteiger partial charge in [-0.25, -0.2) is 0 Å². The van der Waals surface area contributed by atoms with Crippen LogP contribution in [0.2, 0.25) is 0 Å². The van der Waals surface area contributed by atoms with Crippen LogP contribution in [0.4, 0.5) is 0 Å². The lowest BCUT2D eigenvalue weighted by molar-refractivity contribution is 0.0737. The summed E-state index contributed by atoms with van der Waals surface area (Å²) >= 11 is 4.90. The van der Waals surface area contributed by atoms with Crippen molar-refractivity contribution < 1.29 is 4.79 Å². The molecule has 1 saturated carbocycles. The van der Waals surface area contributed by atoms with Crippen molar-refractivity contribution in [3.8, 4) is 0 Å². The van der Waals surface area contributed by atoms with Gasteiger partial charge in [-0.05, 0) is 25.3 Å². The van der Waals surface area contributed by atoms with Crippen molar-refractivity contribution in [2.45, 2.75) is 38.6 Å². The van der Waals surface area contributed by atoms with E-state index in [9.17, 15) is 4.79 Å². The van der Waals surface area contributed by atoms with Crippen molar-refractivity contribution in [3.63, 3.8) is 0 Å². The highest BCUT2D eigenvalue weighted by Crippen LogP contribution is 2.28. The topological polar surface area (TPSA) is 64.2 Å². The van der Waals surface area contributed by atoms with Crippen LogP contribution in [-0.4, -0.2) is 38.2 Å². The van der Waals surface area contributed by atoms with E-state index in [1.165, 1.54) is 0 Å². The summed E-state index contributed by atoms with van der Waals surface area (Å²) < 4.78 is 1.66. The van der Waals surface area contributed by atoms with Crippen LogP contribution in [-0.2, 0) is 13.5 Å². The summed E-state index contributed by atoms with van der Waals surface area (Å²) in [5.74, 6) is 0.0356. The highest BCUT2D eigenvalue weighted by Gasteiger charge is 2.34. The Bertz CT molecular complexity index is 493. The van der Waals surface area contributed by atoms with E-state index < -0.39 is 0 Å². The van der Waals surface area contributed by atoms with Crippen LogP contribution in [0.5, 0.6) is 0 Å². The number of rotatable bonds is 6. The number of hydrogen-bond acceptors (Lipinski definition) is 3. The quantitative estimate of drug-likeness (QED) is 0.797. The second-order valence-electron chi connectivity index (χ2n) is 4.94. The van der Waals surface area contributed by atoms with Gasteiger partial charge in [0.25, 0.3) is 5.91 Å². The monoisotopic (exact) mass is 280 g/mol. The Morgan fingerprint density at radius 1 is 1.63 bits per heavy atom. The minimum Gasteiger partial charge on any atom is -0.393 e. The molecule has 1 aliphatic carbocycles. The molecule has 1 amide bonds. The van der Waals surface area contributed by atoms with Gasteiger partial charge in [-0.1, -0.05) is 19.1 Å². The van der Waals surface area contributed by atoms with Crippen molar-refractivity contribution in [2.24, 2.45) is 12.8 Å². The minimum absolute atomic E-state index is 0.0356. The molecular weight excluding hydrogens is 260 g/mol. The van der Waals surface area contributed by atoms with Crippen molar-refractivity contribution in [1.29, 1.82) is 0 Å². The smallest absolute Gasteiger partial charge is 0.272 e. The van der Waals surface area contributed by atoms with Gasteiger partial charge in [0.15, 0.2) is 0 Å². The fourth-order valence-corrected chi connectivity index (χ4v) is 2.20. The summed E-state index contributed by atoms with van der Waals surface area (Å²) in [6.45, 7) is 2.63. The second-order valence-corrected chi connectivity index (χ2v) is 5.47. The van der Waals surface area contributed by atoms with Crippen LogP contribution in [0, 0.1) is 0 Å². The van der Waals surface area contributed by atoms with Crippen LogP contribution >= 0.6 is 12.2 Å². The molecule has 0 bridgehead atoms. The molecule has 0 radical (unpaired) electrons. The van der Waals surface area contributed by atoms with E-state index in [1.807, 2.05) is 24.9 Å². The Morgan fingerprint density at radius 3 is 2.79 bits per heavy atom. The van der Waals surface area contributed by atoms with Crippen molar-refractivity contribution in [2.75, 3.05) is 6.54 Å². The third-order valence-electron chi connectivity index (χ3n) is 3.36. The average molecular weight is 280 g/mol. The van der Waals surface area contributed by atoms with E-state index in [4.69, 9.17) is 18.0 Å². The molecule has 1 aliphatic rings. The number of nitrogens with zero attached hydrogens (tertiary/aromatic N) is 3. The molecule has 104 valence electrons. The van der Waals surface area contributed by atoms with Crippen molar-refractivity contribution >= 4 is 23.1 Å². The van der Waals surface area contributed by atoms with E-state index in [0.717, 1.165) is 25.0 Å². The number of aryl methyl sites for hydroxylation is 2.